The number of benzene rings is 1. The van der Waals surface area contributed by atoms with Crippen molar-refractivity contribution in [2.24, 2.45) is 0 Å². The quantitative estimate of drug-likeness (QED) is 0.822. The van der Waals surface area contributed by atoms with Crippen molar-refractivity contribution in [3.8, 4) is 11.5 Å². The summed E-state index contributed by atoms with van der Waals surface area (Å²) < 4.78 is 11.1. The Kier molecular flexibility index (Phi) is 5.41. The molecule has 118 valence electrons. The summed E-state index contributed by atoms with van der Waals surface area (Å²) >= 11 is 0. The molecule has 0 amide bonds. The van der Waals surface area contributed by atoms with Crippen molar-refractivity contribution in [3.63, 3.8) is 0 Å². The summed E-state index contributed by atoms with van der Waals surface area (Å²) in [6.07, 6.45) is 0. The highest BCUT2D eigenvalue weighted by molar-refractivity contribution is 5.44. The molecule has 22 heavy (non-hydrogen) atoms. The average Bonchev–Trinajstić information content (AvgIpc) is 2.47. The van der Waals surface area contributed by atoms with E-state index in [4.69, 9.17) is 9.47 Å². The summed E-state index contributed by atoms with van der Waals surface area (Å²) in [5.74, 6) is 1.90. The van der Waals surface area contributed by atoms with Gasteiger partial charge in [0.1, 0.15) is 0 Å². The maximum Gasteiger partial charge on any atom is 0.252 e. The molecular weight excluding hydrogens is 282 g/mol. The molecule has 1 aromatic heterocycles. The van der Waals surface area contributed by atoms with Gasteiger partial charge in [-0.3, -0.25) is 9.78 Å². The van der Waals surface area contributed by atoms with Gasteiger partial charge >= 0.3 is 0 Å². The lowest BCUT2D eigenvalue weighted by Crippen LogP contribution is -2.12. The molecule has 0 aliphatic carbocycles. The van der Waals surface area contributed by atoms with Crippen LogP contribution in [0.1, 0.15) is 25.1 Å². The Bertz CT molecular complexity index is 683. The molecule has 0 aliphatic rings. The van der Waals surface area contributed by atoms with Crippen LogP contribution >= 0.6 is 0 Å². The maximum atomic E-state index is 11.4. The van der Waals surface area contributed by atoms with E-state index < -0.39 is 0 Å². The third-order valence-electron chi connectivity index (χ3n) is 2.94. The van der Waals surface area contributed by atoms with Gasteiger partial charge in [-0.1, -0.05) is 6.07 Å². The van der Waals surface area contributed by atoms with E-state index >= 15 is 0 Å². The van der Waals surface area contributed by atoms with E-state index in [1.807, 2.05) is 32.0 Å². The smallest absolute Gasteiger partial charge is 0.252 e. The Morgan fingerprint density at radius 3 is 2.55 bits per heavy atom. The van der Waals surface area contributed by atoms with Gasteiger partial charge in [0.05, 0.1) is 13.2 Å². The van der Waals surface area contributed by atoms with Gasteiger partial charge in [0.15, 0.2) is 11.5 Å². The fourth-order valence-electron chi connectivity index (χ4n) is 2.05. The van der Waals surface area contributed by atoms with Crippen molar-refractivity contribution in [2.45, 2.75) is 27.3 Å². The van der Waals surface area contributed by atoms with E-state index in [1.54, 1.807) is 6.92 Å². The molecule has 0 spiro atoms. The third kappa shape index (κ3) is 4.25. The molecule has 0 aliphatic heterocycles. The van der Waals surface area contributed by atoms with Crippen LogP contribution in [-0.2, 0) is 6.54 Å². The number of H-pyrrole nitrogens is 1. The number of aryl methyl sites for hydroxylation is 1. The van der Waals surface area contributed by atoms with Crippen LogP contribution in [0.25, 0.3) is 0 Å². The number of hydrogen-bond donors (Lipinski definition) is 2. The molecule has 0 atom stereocenters. The molecule has 0 saturated carbocycles. The lowest BCUT2D eigenvalue weighted by Gasteiger charge is -2.13. The van der Waals surface area contributed by atoms with Gasteiger partial charge in [-0.15, -0.1) is 0 Å². The molecule has 1 heterocycles. The first-order valence-electron chi connectivity index (χ1n) is 7.32. The number of nitrogens with zero attached hydrogens (tertiary/aromatic N) is 1. The van der Waals surface area contributed by atoms with Crippen LogP contribution in [-0.4, -0.2) is 23.2 Å². The minimum atomic E-state index is -0.170. The molecule has 2 rings (SSSR count). The summed E-state index contributed by atoms with van der Waals surface area (Å²) in [6.45, 7) is 7.34. The van der Waals surface area contributed by atoms with Crippen LogP contribution in [0.15, 0.2) is 29.1 Å². The van der Waals surface area contributed by atoms with Crippen LogP contribution in [0.4, 0.5) is 5.95 Å². The standard InChI is InChI=1S/C16H21N3O3/c1-4-21-13-7-6-12(9-14(13)22-5-2)10-17-16-18-11(3)8-15(20)19-16/h6-9H,4-5,10H2,1-3H3,(H2,17,18,19,20). The lowest BCUT2D eigenvalue weighted by molar-refractivity contribution is 0.287. The van der Waals surface area contributed by atoms with E-state index in [1.165, 1.54) is 6.07 Å². The lowest BCUT2D eigenvalue weighted by atomic mass is 10.2. The molecule has 0 unspecified atom stereocenters. The molecule has 0 saturated heterocycles. The van der Waals surface area contributed by atoms with Crippen molar-refractivity contribution >= 4 is 5.95 Å². The Hall–Kier alpha value is -2.50. The topological polar surface area (TPSA) is 76.2 Å². The first-order chi connectivity index (χ1) is 10.6. The van der Waals surface area contributed by atoms with E-state index in [9.17, 15) is 4.79 Å². The highest BCUT2D eigenvalue weighted by Gasteiger charge is 2.06. The van der Waals surface area contributed by atoms with Crippen LogP contribution in [0, 0.1) is 6.92 Å². The molecular formula is C16H21N3O3. The Labute approximate surface area is 129 Å². The average molecular weight is 303 g/mol. The highest BCUT2D eigenvalue weighted by atomic mass is 16.5. The van der Waals surface area contributed by atoms with Gasteiger partial charge in [0.2, 0.25) is 5.95 Å². The fourth-order valence-corrected chi connectivity index (χ4v) is 2.05. The largest absolute Gasteiger partial charge is 0.490 e. The molecule has 2 N–H and O–H groups in total. The van der Waals surface area contributed by atoms with Gasteiger partial charge in [-0.25, -0.2) is 4.98 Å². The Morgan fingerprint density at radius 2 is 1.86 bits per heavy atom. The van der Waals surface area contributed by atoms with Crippen molar-refractivity contribution in [1.29, 1.82) is 0 Å². The minimum absolute atomic E-state index is 0.170. The molecule has 6 heteroatoms. The summed E-state index contributed by atoms with van der Waals surface area (Å²) in [5, 5.41) is 3.10. The van der Waals surface area contributed by atoms with E-state index in [-0.39, 0.29) is 5.56 Å². The molecule has 6 nitrogen and oxygen atoms in total. The molecule has 0 radical (unpaired) electrons. The summed E-state index contributed by atoms with van der Waals surface area (Å²) in [5.41, 5.74) is 1.51. The van der Waals surface area contributed by atoms with Gasteiger partial charge in [0.25, 0.3) is 5.56 Å². The van der Waals surface area contributed by atoms with Gasteiger partial charge in [0, 0.05) is 18.3 Å². The van der Waals surface area contributed by atoms with Crippen molar-refractivity contribution in [3.05, 3.63) is 45.9 Å². The predicted molar refractivity (Wildman–Crippen MR) is 85.7 cm³/mol. The van der Waals surface area contributed by atoms with Crippen LogP contribution < -0.4 is 20.3 Å². The van der Waals surface area contributed by atoms with Gasteiger partial charge in [-0.2, -0.15) is 0 Å². The number of nitrogens with one attached hydrogen (secondary N) is 2. The zero-order valence-corrected chi connectivity index (χ0v) is 13.1. The SMILES string of the molecule is CCOc1ccc(CNc2nc(C)cc(=O)[nH]2)cc1OCC. The molecule has 1 aromatic carbocycles. The van der Waals surface area contributed by atoms with Crippen molar-refractivity contribution < 1.29 is 9.47 Å². The first kappa shape index (κ1) is 15.9. The van der Waals surface area contributed by atoms with E-state index in [0.29, 0.717) is 37.2 Å². The molecule has 0 bridgehead atoms. The Morgan fingerprint density at radius 1 is 1.14 bits per heavy atom. The highest BCUT2D eigenvalue weighted by Crippen LogP contribution is 2.28. The van der Waals surface area contributed by atoms with Gasteiger partial charge in [-0.05, 0) is 38.5 Å². The zero-order valence-electron chi connectivity index (χ0n) is 13.1. The van der Waals surface area contributed by atoms with Crippen LogP contribution in [0.3, 0.4) is 0 Å². The maximum absolute atomic E-state index is 11.4. The van der Waals surface area contributed by atoms with Gasteiger partial charge < -0.3 is 14.8 Å². The summed E-state index contributed by atoms with van der Waals surface area (Å²) in [6, 6.07) is 7.22. The van der Waals surface area contributed by atoms with Crippen LogP contribution in [0.2, 0.25) is 0 Å². The van der Waals surface area contributed by atoms with E-state index in [0.717, 1.165) is 11.3 Å². The normalized spacial score (nSPS) is 10.3. The second-order valence-electron chi connectivity index (χ2n) is 4.74. The molecule has 2 aromatic rings. The first-order valence-corrected chi connectivity index (χ1v) is 7.32. The zero-order chi connectivity index (χ0) is 15.9. The predicted octanol–water partition coefficient (Wildman–Crippen LogP) is 2.49. The molecule has 0 fully saturated rings. The minimum Gasteiger partial charge on any atom is -0.490 e. The number of aromatic nitrogens is 2. The summed E-state index contributed by atoms with van der Waals surface area (Å²) in [7, 11) is 0. The number of anilines is 1. The summed E-state index contributed by atoms with van der Waals surface area (Å²) in [4.78, 5) is 18.3. The monoisotopic (exact) mass is 303 g/mol. The third-order valence-corrected chi connectivity index (χ3v) is 2.94. The van der Waals surface area contributed by atoms with Crippen LogP contribution in [0.5, 0.6) is 11.5 Å². The fraction of sp³-hybridized carbons (Fsp3) is 0.375. The second-order valence-corrected chi connectivity index (χ2v) is 4.74. The number of hydrogen-bond acceptors (Lipinski definition) is 5. The number of aromatic amines is 1. The Balaban J connectivity index is 2.12. The number of rotatable bonds is 7. The van der Waals surface area contributed by atoms with Crippen molar-refractivity contribution in [1.82, 2.24) is 9.97 Å². The second kappa shape index (κ2) is 7.49. The number of ether oxygens (including phenoxy) is 2. The van der Waals surface area contributed by atoms with E-state index in [2.05, 4.69) is 15.3 Å². The van der Waals surface area contributed by atoms with Crippen molar-refractivity contribution in [2.75, 3.05) is 18.5 Å².